The van der Waals surface area contributed by atoms with Crippen LogP contribution in [-0.2, 0) is 17.8 Å². The fourth-order valence-electron chi connectivity index (χ4n) is 2.31. The first kappa shape index (κ1) is 14.1. The van der Waals surface area contributed by atoms with Crippen molar-refractivity contribution in [3.63, 3.8) is 0 Å². The fourth-order valence-corrected chi connectivity index (χ4v) is 2.31. The Bertz CT molecular complexity index is 751. The molecule has 1 aromatic heterocycles. The van der Waals surface area contributed by atoms with Crippen LogP contribution in [0.25, 0.3) is 11.1 Å². The number of carbonyl (C=O) groups excluding carboxylic acids is 2. The number of aryl methyl sites for hydroxylation is 1. The molecule has 0 atom stereocenters. The van der Waals surface area contributed by atoms with Crippen molar-refractivity contribution in [1.82, 2.24) is 15.1 Å². The van der Waals surface area contributed by atoms with Crippen LogP contribution in [0.4, 0.5) is 4.79 Å². The summed E-state index contributed by atoms with van der Waals surface area (Å²) in [6.07, 6.45) is 1.29. The first-order chi connectivity index (χ1) is 10.6. The van der Waals surface area contributed by atoms with Gasteiger partial charge in [-0.25, -0.2) is 9.59 Å². The molecule has 0 radical (unpaired) electrons. The van der Waals surface area contributed by atoms with Crippen LogP contribution in [0.5, 0.6) is 5.75 Å². The highest BCUT2D eigenvalue weighted by Crippen LogP contribution is 2.31. The van der Waals surface area contributed by atoms with Crippen molar-refractivity contribution >= 4 is 12.1 Å². The second-order valence-corrected chi connectivity index (χ2v) is 4.80. The summed E-state index contributed by atoms with van der Waals surface area (Å²) in [5.41, 5.74) is 2.51. The molecule has 2 aromatic rings. The zero-order valence-corrected chi connectivity index (χ0v) is 12.3. The van der Waals surface area contributed by atoms with E-state index in [2.05, 4.69) is 10.4 Å². The van der Waals surface area contributed by atoms with Crippen molar-refractivity contribution in [3.05, 3.63) is 35.7 Å². The highest BCUT2D eigenvalue weighted by Gasteiger charge is 2.21. The van der Waals surface area contributed by atoms with E-state index in [9.17, 15) is 9.59 Å². The molecule has 1 N–H and O–H groups in total. The number of nitrogens with zero attached hydrogens (tertiary/aromatic N) is 2. The van der Waals surface area contributed by atoms with Gasteiger partial charge in [-0.15, -0.1) is 0 Å². The molecule has 1 aliphatic rings. The van der Waals surface area contributed by atoms with Gasteiger partial charge in [0, 0.05) is 30.4 Å². The van der Waals surface area contributed by atoms with Crippen LogP contribution in [-0.4, -0.2) is 29.0 Å². The Balaban J connectivity index is 2.07. The van der Waals surface area contributed by atoms with E-state index in [1.807, 2.05) is 19.1 Å². The monoisotopic (exact) mass is 301 g/mol. The van der Waals surface area contributed by atoms with Gasteiger partial charge >= 0.3 is 12.1 Å². The summed E-state index contributed by atoms with van der Waals surface area (Å²) in [6.45, 7) is 2.98. The first-order valence-electron chi connectivity index (χ1n) is 6.87. The zero-order valence-electron chi connectivity index (χ0n) is 12.3. The standard InChI is InChI=1S/C15H15N3O4/c1-3-18-8-11(13(17-18)14(19)21-2)9-4-5-10-7-16-15(20)22-12(10)6-9/h4-6,8H,3,7H2,1-2H3,(H,16,20). The van der Waals surface area contributed by atoms with Crippen LogP contribution in [0.15, 0.2) is 24.4 Å². The summed E-state index contributed by atoms with van der Waals surface area (Å²) in [4.78, 5) is 23.2. The molecule has 1 aliphatic heterocycles. The van der Waals surface area contributed by atoms with Crippen molar-refractivity contribution in [2.45, 2.75) is 20.0 Å². The number of hydrogen-bond acceptors (Lipinski definition) is 5. The van der Waals surface area contributed by atoms with Crippen molar-refractivity contribution < 1.29 is 19.1 Å². The van der Waals surface area contributed by atoms with E-state index in [4.69, 9.17) is 9.47 Å². The Morgan fingerprint density at radius 1 is 1.50 bits per heavy atom. The van der Waals surface area contributed by atoms with E-state index < -0.39 is 12.1 Å². The lowest BCUT2D eigenvalue weighted by Gasteiger charge is -2.17. The quantitative estimate of drug-likeness (QED) is 0.876. The number of fused-ring (bicyclic) bond motifs is 1. The number of methoxy groups -OCH3 is 1. The largest absolute Gasteiger partial charge is 0.464 e. The predicted octanol–water partition coefficient (Wildman–Crippen LogP) is 1.96. The van der Waals surface area contributed by atoms with E-state index in [0.717, 1.165) is 11.1 Å². The maximum atomic E-state index is 11.9. The zero-order chi connectivity index (χ0) is 15.7. The molecule has 7 heteroatoms. The summed E-state index contributed by atoms with van der Waals surface area (Å²) in [5.74, 6) is -0.0140. The second-order valence-electron chi connectivity index (χ2n) is 4.80. The van der Waals surface area contributed by atoms with Gasteiger partial charge < -0.3 is 14.8 Å². The van der Waals surface area contributed by atoms with E-state index in [1.165, 1.54) is 7.11 Å². The molecule has 22 heavy (non-hydrogen) atoms. The number of benzene rings is 1. The SMILES string of the molecule is CCn1cc(-c2ccc3c(c2)OC(=O)NC3)c(C(=O)OC)n1. The predicted molar refractivity (Wildman–Crippen MR) is 77.5 cm³/mol. The van der Waals surface area contributed by atoms with Crippen LogP contribution in [0.2, 0.25) is 0 Å². The van der Waals surface area contributed by atoms with E-state index in [0.29, 0.717) is 24.4 Å². The summed E-state index contributed by atoms with van der Waals surface area (Å²) < 4.78 is 11.6. The Labute approximate surface area is 126 Å². The fraction of sp³-hybridized carbons (Fsp3) is 0.267. The third-order valence-electron chi connectivity index (χ3n) is 3.47. The molecule has 114 valence electrons. The molecule has 1 amide bonds. The molecule has 0 spiro atoms. The van der Waals surface area contributed by atoms with Crippen molar-refractivity contribution in [2.24, 2.45) is 0 Å². The van der Waals surface area contributed by atoms with Gasteiger partial charge in [-0.05, 0) is 18.6 Å². The number of amides is 1. The Morgan fingerprint density at radius 3 is 3.05 bits per heavy atom. The average molecular weight is 301 g/mol. The molecule has 0 unspecified atom stereocenters. The van der Waals surface area contributed by atoms with Crippen molar-refractivity contribution in [3.8, 4) is 16.9 Å². The molecule has 3 rings (SSSR count). The minimum absolute atomic E-state index is 0.240. The Hall–Kier alpha value is -2.83. The molecule has 1 aromatic carbocycles. The normalized spacial score (nSPS) is 13.1. The van der Waals surface area contributed by atoms with Gasteiger partial charge in [0.05, 0.1) is 7.11 Å². The van der Waals surface area contributed by atoms with E-state index in [1.54, 1.807) is 16.9 Å². The number of ether oxygens (including phenoxy) is 2. The Morgan fingerprint density at radius 2 is 2.32 bits per heavy atom. The van der Waals surface area contributed by atoms with Crippen molar-refractivity contribution in [1.29, 1.82) is 0 Å². The van der Waals surface area contributed by atoms with Gasteiger partial charge in [-0.1, -0.05) is 12.1 Å². The number of esters is 1. The molecular weight excluding hydrogens is 286 g/mol. The Kier molecular flexibility index (Phi) is 3.54. The van der Waals surface area contributed by atoms with Crippen LogP contribution >= 0.6 is 0 Å². The highest BCUT2D eigenvalue weighted by molar-refractivity contribution is 5.95. The van der Waals surface area contributed by atoms with Crippen LogP contribution in [0.3, 0.4) is 0 Å². The van der Waals surface area contributed by atoms with Gasteiger partial charge in [0.25, 0.3) is 0 Å². The lowest BCUT2D eigenvalue weighted by molar-refractivity contribution is 0.0594. The molecule has 0 fully saturated rings. The first-order valence-corrected chi connectivity index (χ1v) is 6.87. The molecule has 0 saturated heterocycles. The third kappa shape index (κ3) is 2.41. The summed E-state index contributed by atoms with van der Waals surface area (Å²) in [6, 6.07) is 5.45. The molecule has 2 heterocycles. The minimum Gasteiger partial charge on any atom is -0.464 e. The smallest absolute Gasteiger partial charge is 0.412 e. The molecule has 0 bridgehead atoms. The number of rotatable bonds is 3. The maximum Gasteiger partial charge on any atom is 0.412 e. The lowest BCUT2D eigenvalue weighted by atomic mass is 10.0. The van der Waals surface area contributed by atoms with Gasteiger partial charge in [0.2, 0.25) is 0 Å². The van der Waals surface area contributed by atoms with Crippen molar-refractivity contribution in [2.75, 3.05) is 7.11 Å². The summed E-state index contributed by atoms with van der Waals surface area (Å²) >= 11 is 0. The van der Waals surface area contributed by atoms with Crippen LogP contribution < -0.4 is 10.1 Å². The van der Waals surface area contributed by atoms with Gasteiger partial charge in [-0.2, -0.15) is 5.10 Å². The second kappa shape index (κ2) is 5.51. The van der Waals surface area contributed by atoms with Crippen LogP contribution in [0, 0.1) is 0 Å². The summed E-state index contributed by atoms with van der Waals surface area (Å²) in [5, 5.41) is 6.82. The number of hydrogen-bond donors (Lipinski definition) is 1. The number of nitrogens with one attached hydrogen (secondary N) is 1. The van der Waals surface area contributed by atoms with Gasteiger partial charge in [0.1, 0.15) is 5.75 Å². The summed E-state index contributed by atoms with van der Waals surface area (Å²) in [7, 11) is 1.32. The highest BCUT2D eigenvalue weighted by atomic mass is 16.6. The van der Waals surface area contributed by atoms with E-state index in [-0.39, 0.29) is 5.69 Å². The number of carbonyl (C=O) groups is 2. The molecule has 0 saturated carbocycles. The van der Waals surface area contributed by atoms with Gasteiger partial charge in [-0.3, -0.25) is 4.68 Å². The molecule has 7 nitrogen and oxygen atoms in total. The number of aromatic nitrogens is 2. The topological polar surface area (TPSA) is 82.5 Å². The maximum absolute atomic E-state index is 11.9. The third-order valence-corrected chi connectivity index (χ3v) is 3.47. The van der Waals surface area contributed by atoms with Gasteiger partial charge in [0.15, 0.2) is 5.69 Å². The lowest BCUT2D eigenvalue weighted by Crippen LogP contribution is -2.31. The molecular formula is C15H15N3O4. The van der Waals surface area contributed by atoms with Crippen LogP contribution in [0.1, 0.15) is 23.0 Å². The molecule has 0 aliphatic carbocycles. The average Bonchev–Trinajstić information content (AvgIpc) is 2.97. The van der Waals surface area contributed by atoms with E-state index >= 15 is 0 Å². The minimum atomic E-state index is -0.501.